The van der Waals surface area contributed by atoms with Gasteiger partial charge in [0, 0.05) is 6.08 Å². The summed E-state index contributed by atoms with van der Waals surface area (Å²) in [7, 11) is 1.22. The van der Waals surface area contributed by atoms with Crippen LogP contribution in [0.15, 0.2) is 48.5 Å². The molecular weight excluding hydrogens is 340 g/mol. The Kier molecular flexibility index (Phi) is 6.21. The number of benzene rings is 2. The number of carbonyl (C=O) groups excluding carboxylic acids is 2. The number of rotatable bonds is 6. The van der Waals surface area contributed by atoms with Crippen molar-refractivity contribution in [2.45, 2.75) is 12.5 Å². The first-order valence-electron chi connectivity index (χ1n) is 7.65. The normalized spacial score (nSPS) is 11.9. The minimum Gasteiger partial charge on any atom is -0.508 e. The predicted octanol–water partition coefficient (Wildman–Crippen LogP) is 2.66. The lowest BCUT2D eigenvalue weighted by Crippen LogP contribution is -2.14. The van der Waals surface area contributed by atoms with Crippen LogP contribution in [0, 0.1) is 0 Å². The van der Waals surface area contributed by atoms with Crippen LogP contribution < -0.4 is 0 Å². The number of phenols is 3. The molecule has 3 N–H and O–H groups in total. The van der Waals surface area contributed by atoms with E-state index in [1.54, 1.807) is 12.1 Å². The lowest BCUT2D eigenvalue weighted by atomic mass is 10.1. The van der Waals surface area contributed by atoms with Gasteiger partial charge in [-0.2, -0.15) is 0 Å². The van der Waals surface area contributed by atoms with Gasteiger partial charge in [-0.15, -0.1) is 0 Å². The van der Waals surface area contributed by atoms with Crippen molar-refractivity contribution in [3.63, 3.8) is 0 Å². The quantitative estimate of drug-likeness (QED) is 0.413. The average Bonchev–Trinajstić information content (AvgIpc) is 2.62. The minimum absolute atomic E-state index is 0.0245. The molecule has 0 saturated heterocycles. The molecule has 1 unspecified atom stereocenters. The summed E-state index contributed by atoms with van der Waals surface area (Å²) < 4.78 is 9.90. The fourth-order valence-corrected chi connectivity index (χ4v) is 2.18. The second-order valence-electron chi connectivity index (χ2n) is 5.38. The Bertz CT molecular complexity index is 826. The van der Waals surface area contributed by atoms with E-state index >= 15 is 0 Å². The molecule has 0 amide bonds. The largest absolute Gasteiger partial charge is 0.508 e. The van der Waals surface area contributed by atoms with Gasteiger partial charge in [0.05, 0.1) is 13.5 Å². The Morgan fingerprint density at radius 2 is 1.85 bits per heavy atom. The first kappa shape index (κ1) is 18.9. The van der Waals surface area contributed by atoms with Crippen molar-refractivity contribution in [2.75, 3.05) is 7.11 Å². The third kappa shape index (κ3) is 5.27. The summed E-state index contributed by atoms with van der Waals surface area (Å²) in [6, 6.07) is 10.1. The number of esters is 2. The summed E-state index contributed by atoms with van der Waals surface area (Å²) >= 11 is 0. The first-order chi connectivity index (χ1) is 12.4. The first-order valence-corrected chi connectivity index (χ1v) is 7.65. The topological polar surface area (TPSA) is 113 Å². The smallest absolute Gasteiger partial charge is 0.331 e. The highest BCUT2D eigenvalue weighted by molar-refractivity contribution is 5.87. The molecule has 0 saturated carbocycles. The molecule has 0 aromatic heterocycles. The Balaban J connectivity index is 2.13. The molecule has 26 heavy (non-hydrogen) atoms. The van der Waals surface area contributed by atoms with Gasteiger partial charge in [0.15, 0.2) is 11.5 Å². The fraction of sp³-hybridized carbons (Fsp3) is 0.158. The molecule has 0 fully saturated rings. The number of hydrogen-bond donors (Lipinski definition) is 3. The highest BCUT2D eigenvalue weighted by Gasteiger charge is 2.20. The molecule has 7 nitrogen and oxygen atoms in total. The molecule has 0 aliphatic heterocycles. The number of methoxy groups -OCH3 is 1. The van der Waals surface area contributed by atoms with Crippen molar-refractivity contribution in [3.05, 3.63) is 59.7 Å². The molecule has 0 spiro atoms. The molecule has 2 rings (SSSR count). The summed E-state index contributed by atoms with van der Waals surface area (Å²) in [5.41, 5.74) is 0.915. The van der Waals surface area contributed by atoms with Crippen molar-refractivity contribution in [1.29, 1.82) is 0 Å². The molecule has 0 aliphatic rings. The van der Waals surface area contributed by atoms with E-state index in [-0.39, 0.29) is 23.7 Å². The summed E-state index contributed by atoms with van der Waals surface area (Å²) in [6.45, 7) is 0. The summed E-state index contributed by atoms with van der Waals surface area (Å²) in [6.07, 6.45) is 1.37. The van der Waals surface area contributed by atoms with E-state index in [1.807, 2.05) is 0 Å². The van der Waals surface area contributed by atoms with Crippen LogP contribution in [-0.2, 0) is 19.1 Å². The monoisotopic (exact) mass is 358 g/mol. The van der Waals surface area contributed by atoms with Crippen molar-refractivity contribution < 1.29 is 34.4 Å². The van der Waals surface area contributed by atoms with Gasteiger partial charge in [0.2, 0.25) is 0 Å². The van der Waals surface area contributed by atoms with Crippen LogP contribution in [0.1, 0.15) is 23.7 Å². The van der Waals surface area contributed by atoms with Gasteiger partial charge in [-0.05, 0) is 41.5 Å². The fourth-order valence-electron chi connectivity index (χ4n) is 2.18. The lowest BCUT2D eigenvalue weighted by Gasteiger charge is -2.16. The molecule has 0 radical (unpaired) electrons. The van der Waals surface area contributed by atoms with Crippen molar-refractivity contribution in [1.82, 2.24) is 0 Å². The highest BCUT2D eigenvalue weighted by Crippen LogP contribution is 2.27. The maximum atomic E-state index is 12.1. The molecule has 2 aromatic rings. The molecule has 1 atom stereocenters. The number of carbonyl (C=O) groups is 2. The van der Waals surface area contributed by atoms with Crippen LogP contribution in [0.4, 0.5) is 0 Å². The summed E-state index contributed by atoms with van der Waals surface area (Å²) in [5.74, 6) is -1.91. The van der Waals surface area contributed by atoms with Crippen LogP contribution >= 0.6 is 0 Å². The Labute approximate surface area is 149 Å². The number of ether oxygens (including phenoxy) is 2. The van der Waals surface area contributed by atoms with Crippen LogP contribution in [0.5, 0.6) is 17.2 Å². The van der Waals surface area contributed by atoms with E-state index in [2.05, 4.69) is 4.74 Å². The van der Waals surface area contributed by atoms with E-state index in [9.17, 15) is 24.9 Å². The molecule has 0 heterocycles. The third-order valence-corrected chi connectivity index (χ3v) is 3.49. The van der Waals surface area contributed by atoms with Crippen LogP contribution in [-0.4, -0.2) is 34.4 Å². The second kappa shape index (κ2) is 8.57. The zero-order valence-electron chi connectivity index (χ0n) is 14.0. The van der Waals surface area contributed by atoms with Crippen LogP contribution in [0.2, 0.25) is 0 Å². The summed E-state index contributed by atoms with van der Waals surface area (Å²) in [5, 5.41) is 28.3. The molecule has 0 bridgehead atoms. The van der Waals surface area contributed by atoms with Gasteiger partial charge >= 0.3 is 11.9 Å². The molecule has 136 valence electrons. The van der Waals surface area contributed by atoms with E-state index in [0.29, 0.717) is 11.1 Å². The third-order valence-electron chi connectivity index (χ3n) is 3.49. The molecular formula is C19H18O7. The van der Waals surface area contributed by atoms with Gasteiger partial charge in [-0.25, -0.2) is 4.79 Å². The number of phenolic OH excluding ortho intramolecular Hbond substituents is 3. The lowest BCUT2D eigenvalue weighted by molar-refractivity contribution is -0.150. The zero-order valence-corrected chi connectivity index (χ0v) is 14.0. The second-order valence-corrected chi connectivity index (χ2v) is 5.38. The summed E-state index contributed by atoms with van der Waals surface area (Å²) in [4.78, 5) is 23.6. The van der Waals surface area contributed by atoms with Gasteiger partial charge in [-0.3, -0.25) is 4.79 Å². The van der Waals surface area contributed by atoms with Gasteiger partial charge in [-0.1, -0.05) is 18.2 Å². The standard InChI is InChI=1S/C19H18O7/c1-25-19(24)11-17(13-3-2-4-14(20)10-13)26-18(23)8-6-12-5-7-15(21)16(22)9-12/h2-10,17,20-22H,11H2,1H3/b8-6+. The minimum atomic E-state index is -0.931. The maximum absolute atomic E-state index is 12.1. The highest BCUT2D eigenvalue weighted by atomic mass is 16.6. The Morgan fingerprint density at radius 3 is 2.50 bits per heavy atom. The number of aromatic hydroxyl groups is 3. The predicted molar refractivity (Wildman–Crippen MR) is 92.4 cm³/mol. The van der Waals surface area contributed by atoms with Crippen molar-refractivity contribution in [2.24, 2.45) is 0 Å². The van der Waals surface area contributed by atoms with Crippen LogP contribution in [0.3, 0.4) is 0 Å². The van der Waals surface area contributed by atoms with Gasteiger partial charge in [0.1, 0.15) is 11.9 Å². The van der Waals surface area contributed by atoms with Crippen LogP contribution in [0.25, 0.3) is 6.08 Å². The van der Waals surface area contributed by atoms with E-state index < -0.39 is 18.0 Å². The average molecular weight is 358 g/mol. The van der Waals surface area contributed by atoms with Crippen molar-refractivity contribution in [3.8, 4) is 17.2 Å². The van der Waals surface area contributed by atoms with E-state index in [4.69, 9.17) is 4.74 Å². The Hall–Kier alpha value is -3.48. The molecule has 7 heteroatoms. The van der Waals surface area contributed by atoms with Crippen molar-refractivity contribution >= 4 is 18.0 Å². The van der Waals surface area contributed by atoms with Gasteiger partial charge in [0.25, 0.3) is 0 Å². The SMILES string of the molecule is COC(=O)CC(OC(=O)/C=C/c1ccc(O)c(O)c1)c1cccc(O)c1. The van der Waals surface area contributed by atoms with E-state index in [1.165, 1.54) is 43.5 Å². The Morgan fingerprint density at radius 1 is 1.08 bits per heavy atom. The number of hydrogen-bond acceptors (Lipinski definition) is 7. The van der Waals surface area contributed by atoms with Gasteiger partial charge < -0.3 is 24.8 Å². The maximum Gasteiger partial charge on any atom is 0.331 e. The molecule has 2 aromatic carbocycles. The zero-order chi connectivity index (χ0) is 19.1. The van der Waals surface area contributed by atoms with E-state index in [0.717, 1.165) is 6.08 Å². The molecule has 0 aliphatic carbocycles.